The van der Waals surface area contributed by atoms with Crippen molar-refractivity contribution in [3.8, 4) is 17.6 Å². The zero-order valence-corrected chi connectivity index (χ0v) is 10.3. The smallest absolute Gasteiger partial charge is 0.255 e. The number of rotatable bonds is 3. The summed E-state index contributed by atoms with van der Waals surface area (Å²) >= 11 is 0. The fraction of sp³-hybridized carbons (Fsp3) is 0. The van der Waals surface area contributed by atoms with Gasteiger partial charge in [-0.2, -0.15) is 5.26 Å². The minimum absolute atomic E-state index is 0.0221. The van der Waals surface area contributed by atoms with E-state index in [4.69, 9.17) is 21.5 Å². The quantitative estimate of drug-likeness (QED) is 0.835. The SMILES string of the molecule is N#Cc1cc(Oc2cccc(F)c2C(N)=O)ccc1N. The lowest BCUT2D eigenvalue weighted by molar-refractivity contribution is 0.0994. The first kappa shape index (κ1) is 13.4. The fourth-order valence-corrected chi connectivity index (χ4v) is 1.65. The van der Waals surface area contributed by atoms with Gasteiger partial charge in [0.2, 0.25) is 0 Å². The second kappa shape index (κ2) is 5.28. The number of carbonyl (C=O) groups is 1. The first-order valence-corrected chi connectivity index (χ1v) is 5.58. The molecule has 0 fully saturated rings. The zero-order valence-electron chi connectivity index (χ0n) is 10.3. The van der Waals surface area contributed by atoms with Gasteiger partial charge in [-0.05, 0) is 24.3 Å². The third-order valence-corrected chi connectivity index (χ3v) is 2.59. The Hall–Kier alpha value is -3.07. The molecular weight excluding hydrogens is 261 g/mol. The molecule has 0 bridgehead atoms. The standard InChI is InChI=1S/C14H10FN3O2/c15-10-2-1-3-12(13(10)14(18)19)20-9-4-5-11(17)8(6-9)7-16/h1-6H,17H2,(H2,18,19). The molecule has 0 aliphatic carbocycles. The topological polar surface area (TPSA) is 102 Å². The van der Waals surface area contributed by atoms with Gasteiger partial charge in [0.1, 0.15) is 28.9 Å². The van der Waals surface area contributed by atoms with Gasteiger partial charge in [-0.15, -0.1) is 0 Å². The van der Waals surface area contributed by atoms with Crippen LogP contribution in [-0.2, 0) is 0 Å². The number of primary amides is 1. The number of carbonyl (C=O) groups excluding carboxylic acids is 1. The molecule has 100 valence electrons. The number of amides is 1. The van der Waals surface area contributed by atoms with Crippen LogP contribution < -0.4 is 16.2 Å². The minimum Gasteiger partial charge on any atom is -0.456 e. The van der Waals surface area contributed by atoms with Gasteiger partial charge in [-0.3, -0.25) is 4.79 Å². The molecule has 2 aromatic rings. The number of nitrogens with two attached hydrogens (primary N) is 2. The number of nitriles is 1. The Bertz CT molecular complexity index is 723. The summed E-state index contributed by atoms with van der Waals surface area (Å²) in [6.07, 6.45) is 0. The van der Waals surface area contributed by atoms with E-state index >= 15 is 0 Å². The third kappa shape index (κ3) is 2.52. The molecular formula is C14H10FN3O2. The predicted octanol–water partition coefficient (Wildman–Crippen LogP) is 2.17. The molecule has 0 spiro atoms. The first-order valence-electron chi connectivity index (χ1n) is 5.58. The van der Waals surface area contributed by atoms with Crippen molar-refractivity contribution in [1.29, 1.82) is 5.26 Å². The van der Waals surface area contributed by atoms with Crippen LogP contribution in [0.4, 0.5) is 10.1 Å². The lowest BCUT2D eigenvalue weighted by atomic mass is 10.1. The summed E-state index contributed by atoms with van der Waals surface area (Å²) in [4.78, 5) is 11.2. The van der Waals surface area contributed by atoms with Crippen LogP contribution in [0.15, 0.2) is 36.4 Å². The highest BCUT2D eigenvalue weighted by Gasteiger charge is 2.16. The molecule has 0 aliphatic rings. The Morgan fingerprint density at radius 1 is 1.30 bits per heavy atom. The molecule has 2 rings (SSSR count). The molecule has 0 aliphatic heterocycles. The number of anilines is 1. The lowest BCUT2D eigenvalue weighted by Gasteiger charge is -2.10. The summed E-state index contributed by atoms with van der Waals surface area (Å²) in [7, 11) is 0. The van der Waals surface area contributed by atoms with E-state index in [1.165, 1.54) is 30.3 Å². The van der Waals surface area contributed by atoms with E-state index in [1.807, 2.05) is 6.07 Å². The molecule has 6 heteroatoms. The number of hydrogen-bond acceptors (Lipinski definition) is 4. The van der Waals surface area contributed by atoms with Gasteiger partial charge in [0.15, 0.2) is 0 Å². The molecule has 20 heavy (non-hydrogen) atoms. The van der Waals surface area contributed by atoms with Gasteiger partial charge < -0.3 is 16.2 Å². The molecule has 4 N–H and O–H groups in total. The molecule has 0 heterocycles. The molecule has 0 unspecified atom stereocenters. The second-order valence-corrected chi connectivity index (χ2v) is 3.94. The maximum atomic E-state index is 13.6. The van der Waals surface area contributed by atoms with Crippen LogP contribution in [-0.4, -0.2) is 5.91 Å². The first-order chi connectivity index (χ1) is 9.52. The maximum Gasteiger partial charge on any atom is 0.255 e. The van der Waals surface area contributed by atoms with Crippen LogP contribution >= 0.6 is 0 Å². The molecule has 0 radical (unpaired) electrons. The summed E-state index contributed by atoms with van der Waals surface area (Å²) < 4.78 is 19.0. The van der Waals surface area contributed by atoms with E-state index in [-0.39, 0.29) is 22.6 Å². The van der Waals surface area contributed by atoms with Crippen LogP contribution in [0.2, 0.25) is 0 Å². The van der Waals surface area contributed by atoms with Crippen molar-refractivity contribution in [1.82, 2.24) is 0 Å². The highest BCUT2D eigenvalue weighted by atomic mass is 19.1. The molecule has 1 amide bonds. The number of halogens is 1. The van der Waals surface area contributed by atoms with Crippen LogP contribution in [0.3, 0.4) is 0 Å². The summed E-state index contributed by atoms with van der Waals surface area (Å²) in [5, 5.41) is 8.88. The highest BCUT2D eigenvalue weighted by Crippen LogP contribution is 2.28. The van der Waals surface area contributed by atoms with E-state index in [0.717, 1.165) is 6.07 Å². The summed E-state index contributed by atoms with van der Waals surface area (Å²) in [6.45, 7) is 0. The van der Waals surface area contributed by atoms with Crippen molar-refractivity contribution in [3.63, 3.8) is 0 Å². The van der Waals surface area contributed by atoms with E-state index in [2.05, 4.69) is 0 Å². The highest BCUT2D eigenvalue weighted by molar-refractivity contribution is 5.96. The number of nitrogens with zero attached hydrogens (tertiary/aromatic N) is 1. The Kier molecular flexibility index (Phi) is 3.53. The van der Waals surface area contributed by atoms with Crippen molar-refractivity contribution in [2.45, 2.75) is 0 Å². The molecule has 0 atom stereocenters. The molecule has 5 nitrogen and oxygen atoms in total. The third-order valence-electron chi connectivity index (χ3n) is 2.59. The summed E-state index contributed by atoms with van der Waals surface area (Å²) in [5.41, 5.74) is 10.9. The maximum absolute atomic E-state index is 13.6. The van der Waals surface area contributed by atoms with Crippen molar-refractivity contribution in [2.24, 2.45) is 5.73 Å². The van der Waals surface area contributed by atoms with Gasteiger partial charge in [0.05, 0.1) is 5.56 Å². The summed E-state index contributed by atoms with van der Waals surface area (Å²) in [5.74, 6) is -1.48. The average molecular weight is 271 g/mol. The van der Waals surface area contributed by atoms with E-state index in [1.54, 1.807) is 0 Å². The Balaban J connectivity index is 2.43. The number of benzene rings is 2. The van der Waals surface area contributed by atoms with Crippen LogP contribution in [0.25, 0.3) is 0 Å². The summed E-state index contributed by atoms with van der Waals surface area (Å²) in [6, 6.07) is 10.2. The molecule has 2 aromatic carbocycles. The van der Waals surface area contributed by atoms with Crippen molar-refractivity contribution in [3.05, 3.63) is 53.3 Å². The largest absolute Gasteiger partial charge is 0.456 e. The minimum atomic E-state index is -0.936. The fourth-order valence-electron chi connectivity index (χ4n) is 1.65. The Morgan fingerprint density at radius 3 is 2.70 bits per heavy atom. The zero-order chi connectivity index (χ0) is 14.7. The van der Waals surface area contributed by atoms with Crippen molar-refractivity contribution < 1.29 is 13.9 Å². The van der Waals surface area contributed by atoms with E-state index < -0.39 is 11.7 Å². The van der Waals surface area contributed by atoms with Crippen LogP contribution in [0.1, 0.15) is 15.9 Å². The second-order valence-electron chi connectivity index (χ2n) is 3.94. The number of hydrogen-bond donors (Lipinski definition) is 2. The van der Waals surface area contributed by atoms with Gasteiger partial charge in [0.25, 0.3) is 5.91 Å². The molecule has 0 aromatic heterocycles. The van der Waals surface area contributed by atoms with Gasteiger partial charge in [0, 0.05) is 11.8 Å². The van der Waals surface area contributed by atoms with Crippen molar-refractivity contribution >= 4 is 11.6 Å². The number of ether oxygens (including phenoxy) is 1. The Morgan fingerprint density at radius 2 is 2.05 bits per heavy atom. The normalized spacial score (nSPS) is 9.80. The number of nitrogen functional groups attached to an aromatic ring is 1. The van der Waals surface area contributed by atoms with Crippen LogP contribution in [0, 0.1) is 17.1 Å². The van der Waals surface area contributed by atoms with Gasteiger partial charge >= 0.3 is 0 Å². The average Bonchev–Trinajstić information content (AvgIpc) is 2.40. The predicted molar refractivity (Wildman–Crippen MR) is 70.6 cm³/mol. The van der Waals surface area contributed by atoms with Crippen molar-refractivity contribution in [2.75, 3.05) is 5.73 Å². The van der Waals surface area contributed by atoms with E-state index in [9.17, 15) is 9.18 Å². The van der Waals surface area contributed by atoms with E-state index in [0.29, 0.717) is 5.69 Å². The monoisotopic (exact) mass is 271 g/mol. The Labute approximate surface area is 114 Å². The van der Waals surface area contributed by atoms with Gasteiger partial charge in [-0.1, -0.05) is 6.07 Å². The van der Waals surface area contributed by atoms with Gasteiger partial charge in [-0.25, -0.2) is 4.39 Å². The lowest BCUT2D eigenvalue weighted by Crippen LogP contribution is -2.14. The molecule has 0 saturated carbocycles. The molecule has 0 saturated heterocycles. The van der Waals surface area contributed by atoms with Crippen LogP contribution in [0.5, 0.6) is 11.5 Å².